The average molecular weight is 197 g/mol. The Labute approximate surface area is 79.9 Å². The number of hydrogen-bond acceptors (Lipinski definition) is 3. The molecule has 0 radical (unpaired) electrons. The van der Waals surface area contributed by atoms with Gasteiger partial charge in [0.15, 0.2) is 0 Å². The molecule has 68 valence electrons. The van der Waals surface area contributed by atoms with Crippen LogP contribution >= 0.6 is 11.8 Å². The maximum atomic E-state index is 13.1. The second-order valence-corrected chi connectivity index (χ2v) is 3.22. The fourth-order valence-electron chi connectivity index (χ4n) is 0.932. The van der Waals surface area contributed by atoms with Crippen molar-refractivity contribution in [3.8, 4) is 0 Å². The molecule has 4 heteroatoms. The van der Waals surface area contributed by atoms with E-state index < -0.39 is 0 Å². The largest absolute Gasteiger partial charge is 0.235 e. The second-order valence-electron chi connectivity index (χ2n) is 2.38. The average Bonchev–Trinajstić information content (AvgIpc) is 2.15. The maximum absolute atomic E-state index is 13.1. The minimum atomic E-state index is -0.272. The van der Waals surface area contributed by atoms with E-state index in [2.05, 4.69) is 4.99 Å². The summed E-state index contributed by atoms with van der Waals surface area (Å²) in [6, 6.07) is 4.80. The van der Waals surface area contributed by atoms with E-state index in [0.29, 0.717) is 10.5 Å². The van der Waals surface area contributed by atoms with E-state index in [1.54, 1.807) is 12.1 Å². The predicted octanol–water partition coefficient (Wildman–Crippen LogP) is 2.38. The van der Waals surface area contributed by atoms with E-state index in [4.69, 9.17) is 0 Å². The zero-order valence-corrected chi connectivity index (χ0v) is 7.90. The van der Waals surface area contributed by atoms with Gasteiger partial charge in [-0.2, -0.15) is 0 Å². The molecular formula is C9H8FNOS. The molecule has 0 bridgehead atoms. The van der Waals surface area contributed by atoms with Gasteiger partial charge in [0.05, 0.1) is 6.54 Å². The minimum Gasteiger partial charge on any atom is -0.211 e. The first-order chi connectivity index (χ1) is 6.27. The Kier molecular flexibility index (Phi) is 3.68. The highest BCUT2D eigenvalue weighted by Gasteiger charge is 2.01. The van der Waals surface area contributed by atoms with Crippen molar-refractivity contribution in [1.29, 1.82) is 0 Å². The van der Waals surface area contributed by atoms with Crippen LogP contribution in [0.3, 0.4) is 0 Å². The number of rotatable bonds is 3. The molecule has 0 saturated heterocycles. The van der Waals surface area contributed by atoms with Gasteiger partial charge in [-0.15, -0.1) is 11.8 Å². The molecule has 0 aliphatic heterocycles. The summed E-state index contributed by atoms with van der Waals surface area (Å²) in [5.41, 5.74) is 0.679. The summed E-state index contributed by atoms with van der Waals surface area (Å²) in [6.45, 7) is 0.190. The van der Waals surface area contributed by atoms with Crippen LogP contribution in [0.2, 0.25) is 0 Å². The van der Waals surface area contributed by atoms with Gasteiger partial charge in [0.25, 0.3) is 0 Å². The van der Waals surface area contributed by atoms with Crippen molar-refractivity contribution in [2.75, 3.05) is 6.26 Å². The number of nitrogens with zero attached hydrogens (tertiary/aromatic N) is 1. The first-order valence-corrected chi connectivity index (χ1v) is 4.86. The normalized spacial score (nSPS) is 9.38. The van der Waals surface area contributed by atoms with E-state index in [0.717, 1.165) is 0 Å². The van der Waals surface area contributed by atoms with Crippen LogP contribution in [0.1, 0.15) is 5.56 Å². The summed E-state index contributed by atoms with van der Waals surface area (Å²) >= 11 is 1.34. The number of halogens is 1. The highest BCUT2D eigenvalue weighted by Crippen LogP contribution is 2.20. The van der Waals surface area contributed by atoms with Crippen molar-refractivity contribution in [2.45, 2.75) is 11.4 Å². The molecule has 0 N–H and O–H groups in total. The molecular weight excluding hydrogens is 189 g/mol. The Morgan fingerprint density at radius 3 is 2.92 bits per heavy atom. The Balaban J connectivity index is 2.88. The molecule has 0 fully saturated rings. The van der Waals surface area contributed by atoms with Gasteiger partial charge < -0.3 is 0 Å². The highest BCUT2D eigenvalue weighted by atomic mass is 32.2. The van der Waals surface area contributed by atoms with E-state index in [1.807, 2.05) is 6.26 Å². The van der Waals surface area contributed by atoms with Gasteiger partial charge in [0.1, 0.15) is 5.82 Å². The van der Waals surface area contributed by atoms with Crippen molar-refractivity contribution in [1.82, 2.24) is 0 Å². The molecule has 13 heavy (non-hydrogen) atoms. The summed E-state index contributed by atoms with van der Waals surface area (Å²) in [7, 11) is 0. The van der Waals surface area contributed by atoms with E-state index in [-0.39, 0.29) is 12.4 Å². The first kappa shape index (κ1) is 9.96. The third-order valence-corrected chi connectivity index (χ3v) is 2.31. The minimum absolute atomic E-state index is 0.190. The van der Waals surface area contributed by atoms with Gasteiger partial charge in [0, 0.05) is 4.90 Å². The van der Waals surface area contributed by atoms with Crippen LogP contribution in [0, 0.1) is 5.82 Å². The van der Waals surface area contributed by atoms with Crippen molar-refractivity contribution >= 4 is 17.8 Å². The van der Waals surface area contributed by atoms with Gasteiger partial charge in [-0.3, -0.25) is 0 Å². The molecule has 1 rings (SSSR count). The Bertz CT molecular complexity index is 347. The number of hydrogen-bond donors (Lipinski definition) is 0. The summed E-state index contributed by atoms with van der Waals surface area (Å²) in [5, 5.41) is 0. The number of benzene rings is 1. The molecule has 0 aliphatic rings. The van der Waals surface area contributed by atoms with Crippen LogP contribution in [0.4, 0.5) is 4.39 Å². The number of thioether (sulfide) groups is 1. The van der Waals surface area contributed by atoms with Gasteiger partial charge in [-0.1, -0.05) is 6.07 Å². The molecule has 0 heterocycles. The maximum Gasteiger partial charge on any atom is 0.235 e. The van der Waals surface area contributed by atoms with Gasteiger partial charge in [-0.05, 0) is 24.0 Å². The van der Waals surface area contributed by atoms with Gasteiger partial charge in [0.2, 0.25) is 6.08 Å². The fourth-order valence-corrected chi connectivity index (χ4v) is 1.39. The molecule has 0 spiro atoms. The van der Waals surface area contributed by atoms with E-state index >= 15 is 0 Å². The molecule has 0 aliphatic carbocycles. The second kappa shape index (κ2) is 4.80. The number of aliphatic imine (C=N–C) groups is 1. The zero-order chi connectivity index (χ0) is 9.68. The van der Waals surface area contributed by atoms with E-state index in [9.17, 15) is 9.18 Å². The van der Waals surface area contributed by atoms with Crippen molar-refractivity contribution in [2.24, 2.45) is 4.99 Å². The first-order valence-electron chi connectivity index (χ1n) is 3.64. The number of isocyanates is 1. The Morgan fingerprint density at radius 2 is 2.38 bits per heavy atom. The molecule has 0 atom stereocenters. The van der Waals surface area contributed by atoms with Crippen molar-refractivity contribution in [3.05, 3.63) is 29.6 Å². The van der Waals surface area contributed by atoms with Crippen LogP contribution in [0.25, 0.3) is 0 Å². The summed E-state index contributed by atoms with van der Waals surface area (Å²) in [5.74, 6) is -0.272. The lowest BCUT2D eigenvalue weighted by atomic mass is 10.2. The fraction of sp³-hybridized carbons (Fsp3) is 0.222. The lowest BCUT2D eigenvalue weighted by Gasteiger charge is -2.00. The standard InChI is InChI=1S/C9H8FNOS/c1-13-9-3-2-7(4-8(9)10)5-11-6-12/h2-4H,5H2,1H3. The zero-order valence-electron chi connectivity index (χ0n) is 7.08. The van der Waals surface area contributed by atoms with Crippen LogP contribution in [0.5, 0.6) is 0 Å². The third kappa shape index (κ3) is 2.68. The Hall–Kier alpha value is -1.12. The van der Waals surface area contributed by atoms with E-state index in [1.165, 1.54) is 23.9 Å². The van der Waals surface area contributed by atoms with Crippen molar-refractivity contribution < 1.29 is 9.18 Å². The van der Waals surface area contributed by atoms with Crippen LogP contribution in [-0.4, -0.2) is 12.3 Å². The Morgan fingerprint density at radius 1 is 1.62 bits per heavy atom. The molecule has 0 aromatic heterocycles. The van der Waals surface area contributed by atoms with Crippen molar-refractivity contribution in [3.63, 3.8) is 0 Å². The smallest absolute Gasteiger partial charge is 0.211 e. The summed E-state index contributed by atoms with van der Waals surface area (Å²) < 4.78 is 13.1. The van der Waals surface area contributed by atoms with Crippen LogP contribution in [0.15, 0.2) is 28.1 Å². The third-order valence-electron chi connectivity index (χ3n) is 1.54. The quantitative estimate of drug-likeness (QED) is 0.423. The SMILES string of the molecule is CSc1ccc(CN=C=O)cc1F. The molecule has 1 aromatic rings. The summed E-state index contributed by atoms with van der Waals surface area (Å²) in [6.07, 6.45) is 3.22. The molecule has 0 saturated carbocycles. The lowest BCUT2D eigenvalue weighted by Crippen LogP contribution is -1.85. The lowest BCUT2D eigenvalue weighted by molar-refractivity contribution is 0.562. The topological polar surface area (TPSA) is 29.4 Å². The number of carbonyl (C=O) groups excluding carboxylic acids is 1. The van der Waals surface area contributed by atoms with Crippen LogP contribution in [-0.2, 0) is 11.3 Å². The molecule has 0 unspecified atom stereocenters. The van der Waals surface area contributed by atoms with Gasteiger partial charge in [-0.25, -0.2) is 14.2 Å². The molecule has 1 aromatic carbocycles. The molecule has 0 amide bonds. The highest BCUT2D eigenvalue weighted by molar-refractivity contribution is 7.98. The van der Waals surface area contributed by atoms with Gasteiger partial charge >= 0.3 is 0 Å². The summed E-state index contributed by atoms with van der Waals surface area (Å²) in [4.78, 5) is 13.8. The predicted molar refractivity (Wildman–Crippen MR) is 50.0 cm³/mol. The monoisotopic (exact) mass is 197 g/mol. The molecule has 2 nitrogen and oxygen atoms in total. The van der Waals surface area contributed by atoms with Crippen LogP contribution < -0.4 is 0 Å².